The van der Waals surface area contributed by atoms with Gasteiger partial charge in [-0.3, -0.25) is 0 Å². The lowest BCUT2D eigenvalue weighted by molar-refractivity contribution is 0.615. The number of rotatable bonds is 2. The van der Waals surface area contributed by atoms with E-state index in [-0.39, 0.29) is 5.82 Å². The molecular formula is C15H14FN5. The van der Waals surface area contributed by atoms with Crippen molar-refractivity contribution in [3.8, 4) is 17.1 Å². The molecule has 1 aromatic heterocycles. The highest BCUT2D eigenvalue weighted by Gasteiger charge is 2.14. The summed E-state index contributed by atoms with van der Waals surface area (Å²) < 4.78 is 15.3. The molecule has 1 heterocycles. The van der Waals surface area contributed by atoms with Gasteiger partial charge in [0, 0.05) is 11.3 Å². The summed E-state index contributed by atoms with van der Waals surface area (Å²) >= 11 is 0. The van der Waals surface area contributed by atoms with Gasteiger partial charge < -0.3 is 5.73 Å². The number of nitrogens with two attached hydrogens (primary N) is 1. The van der Waals surface area contributed by atoms with Crippen LogP contribution in [-0.2, 0) is 0 Å². The average Bonchev–Trinajstić information content (AvgIpc) is 2.94. The number of hydrogen-bond acceptors (Lipinski definition) is 4. The summed E-state index contributed by atoms with van der Waals surface area (Å²) in [7, 11) is 0. The van der Waals surface area contributed by atoms with E-state index in [1.54, 1.807) is 19.1 Å². The van der Waals surface area contributed by atoms with E-state index in [0.717, 1.165) is 11.1 Å². The van der Waals surface area contributed by atoms with Crippen LogP contribution in [-0.4, -0.2) is 20.2 Å². The minimum absolute atomic E-state index is 0.293. The third-order valence-corrected chi connectivity index (χ3v) is 3.49. The number of halogens is 1. The van der Waals surface area contributed by atoms with Crippen LogP contribution < -0.4 is 5.73 Å². The molecule has 2 aromatic carbocycles. The van der Waals surface area contributed by atoms with Gasteiger partial charge in [0.1, 0.15) is 5.82 Å². The van der Waals surface area contributed by atoms with E-state index in [1.807, 2.05) is 25.1 Å². The van der Waals surface area contributed by atoms with Crippen LogP contribution in [0.1, 0.15) is 11.1 Å². The van der Waals surface area contributed by atoms with Crippen LogP contribution in [0.15, 0.2) is 36.4 Å². The largest absolute Gasteiger partial charge is 0.398 e. The van der Waals surface area contributed by atoms with Crippen LogP contribution in [0.4, 0.5) is 10.1 Å². The Morgan fingerprint density at radius 3 is 2.71 bits per heavy atom. The predicted octanol–water partition coefficient (Wildman–Crippen LogP) is 2.67. The lowest BCUT2D eigenvalue weighted by Gasteiger charge is -2.09. The van der Waals surface area contributed by atoms with Gasteiger partial charge in [0.2, 0.25) is 0 Å². The van der Waals surface area contributed by atoms with Crippen molar-refractivity contribution in [2.75, 3.05) is 5.73 Å². The number of tetrazole rings is 1. The zero-order valence-corrected chi connectivity index (χ0v) is 11.7. The Morgan fingerprint density at radius 2 is 1.95 bits per heavy atom. The number of aryl methyl sites for hydroxylation is 1. The molecule has 3 rings (SSSR count). The van der Waals surface area contributed by atoms with Crippen molar-refractivity contribution in [3.05, 3.63) is 53.3 Å². The Morgan fingerprint density at radius 1 is 1.14 bits per heavy atom. The van der Waals surface area contributed by atoms with Gasteiger partial charge in [-0.2, -0.15) is 4.68 Å². The number of benzene rings is 2. The van der Waals surface area contributed by atoms with Crippen molar-refractivity contribution >= 4 is 5.69 Å². The smallest absolute Gasteiger partial charge is 0.187 e. The molecule has 0 fully saturated rings. The molecule has 5 nitrogen and oxygen atoms in total. The second kappa shape index (κ2) is 4.97. The van der Waals surface area contributed by atoms with Gasteiger partial charge >= 0.3 is 0 Å². The van der Waals surface area contributed by atoms with Gasteiger partial charge in [-0.15, -0.1) is 5.10 Å². The molecule has 21 heavy (non-hydrogen) atoms. The average molecular weight is 283 g/mol. The number of nitrogen functional groups attached to an aromatic ring is 1. The highest BCUT2D eigenvalue weighted by atomic mass is 19.1. The summed E-state index contributed by atoms with van der Waals surface area (Å²) in [6.45, 7) is 3.61. The van der Waals surface area contributed by atoms with Crippen molar-refractivity contribution in [3.63, 3.8) is 0 Å². The first kappa shape index (κ1) is 13.2. The minimum Gasteiger partial charge on any atom is -0.398 e. The maximum Gasteiger partial charge on any atom is 0.187 e. The van der Waals surface area contributed by atoms with E-state index in [0.29, 0.717) is 22.8 Å². The molecule has 0 aliphatic carbocycles. The molecular weight excluding hydrogens is 269 g/mol. The first-order valence-electron chi connectivity index (χ1n) is 6.48. The zero-order chi connectivity index (χ0) is 15.0. The molecule has 2 N–H and O–H groups in total. The first-order chi connectivity index (χ1) is 10.1. The normalized spacial score (nSPS) is 10.8. The highest BCUT2D eigenvalue weighted by Crippen LogP contribution is 2.26. The van der Waals surface area contributed by atoms with E-state index < -0.39 is 0 Å². The third-order valence-electron chi connectivity index (χ3n) is 3.49. The monoisotopic (exact) mass is 283 g/mol. The topological polar surface area (TPSA) is 69.6 Å². The predicted molar refractivity (Wildman–Crippen MR) is 78.4 cm³/mol. The molecule has 6 heteroatoms. The standard InChI is InChI=1S/C15H14FN5/c1-9-6-7-11(8-13(9)16)21-15(18-19-20-21)12-4-3-5-14(17)10(12)2/h3-8H,17H2,1-2H3. The molecule has 0 atom stereocenters. The fourth-order valence-electron chi connectivity index (χ4n) is 2.14. The molecule has 0 radical (unpaired) electrons. The molecule has 106 valence electrons. The Labute approximate surface area is 121 Å². The van der Waals surface area contributed by atoms with E-state index >= 15 is 0 Å². The fourth-order valence-corrected chi connectivity index (χ4v) is 2.14. The van der Waals surface area contributed by atoms with Gasteiger partial charge in [-0.05, 0) is 53.6 Å². The van der Waals surface area contributed by atoms with Crippen LogP contribution >= 0.6 is 0 Å². The molecule has 0 aliphatic rings. The summed E-state index contributed by atoms with van der Waals surface area (Å²) in [6, 6.07) is 10.4. The van der Waals surface area contributed by atoms with Crippen LogP contribution in [0.2, 0.25) is 0 Å². The SMILES string of the molecule is Cc1ccc(-n2nnnc2-c2cccc(N)c2C)cc1F. The summed E-state index contributed by atoms with van der Waals surface area (Å²) in [5.41, 5.74) is 9.44. The Hall–Kier alpha value is -2.76. The van der Waals surface area contributed by atoms with E-state index in [9.17, 15) is 4.39 Å². The van der Waals surface area contributed by atoms with Gasteiger partial charge in [0.15, 0.2) is 5.82 Å². The number of anilines is 1. The quantitative estimate of drug-likeness (QED) is 0.734. The summed E-state index contributed by atoms with van der Waals surface area (Å²) in [5.74, 6) is 0.237. The van der Waals surface area contributed by atoms with Gasteiger partial charge in [-0.25, -0.2) is 4.39 Å². The highest BCUT2D eigenvalue weighted by molar-refractivity contribution is 5.68. The van der Waals surface area contributed by atoms with Crippen molar-refractivity contribution in [1.29, 1.82) is 0 Å². The summed E-state index contributed by atoms with van der Waals surface area (Å²) in [4.78, 5) is 0. The van der Waals surface area contributed by atoms with Crippen molar-refractivity contribution < 1.29 is 4.39 Å². The van der Waals surface area contributed by atoms with Gasteiger partial charge in [0.25, 0.3) is 0 Å². The number of aromatic nitrogens is 4. The summed E-state index contributed by atoms with van der Waals surface area (Å²) in [5, 5.41) is 11.7. The van der Waals surface area contributed by atoms with Crippen molar-refractivity contribution in [2.45, 2.75) is 13.8 Å². The molecule has 3 aromatic rings. The molecule has 0 saturated carbocycles. The van der Waals surface area contributed by atoms with Crippen molar-refractivity contribution in [2.24, 2.45) is 0 Å². The molecule has 0 spiro atoms. The van der Waals surface area contributed by atoms with Gasteiger partial charge in [-0.1, -0.05) is 18.2 Å². The van der Waals surface area contributed by atoms with Crippen LogP contribution in [0, 0.1) is 19.7 Å². The molecule has 0 unspecified atom stereocenters. The second-order valence-electron chi connectivity index (χ2n) is 4.87. The minimum atomic E-state index is -0.293. The van der Waals surface area contributed by atoms with Crippen molar-refractivity contribution in [1.82, 2.24) is 20.2 Å². The van der Waals surface area contributed by atoms with E-state index in [2.05, 4.69) is 15.5 Å². The molecule has 0 saturated heterocycles. The number of hydrogen-bond donors (Lipinski definition) is 1. The van der Waals surface area contributed by atoms with Gasteiger partial charge in [0.05, 0.1) is 5.69 Å². The second-order valence-corrected chi connectivity index (χ2v) is 4.87. The van der Waals surface area contributed by atoms with Crippen LogP contribution in [0.25, 0.3) is 17.1 Å². The van der Waals surface area contributed by atoms with Crippen LogP contribution in [0.3, 0.4) is 0 Å². The molecule has 0 aliphatic heterocycles. The van der Waals surface area contributed by atoms with E-state index in [1.165, 1.54) is 10.7 Å². The Kier molecular flexibility index (Phi) is 3.13. The fraction of sp³-hybridized carbons (Fsp3) is 0.133. The summed E-state index contributed by atoms with van der Waals surface area (Å²) in [6.07, 6.45) is 0. The maximum absolute atomic E-state index is 13.7. The van der Waals surface area contributed by atoms with E-state index in [4.69, 9.17) is 5.73 Å². The maximum atomic E-state index is 13.7. The Balaban J connectivity index is 2.17. The Bertz CT molecular complexity index is 810. The zero-order valence-electron chi connectivity index (χ0n) is 11.7. The lowest BCUT2D eigenvalue weighted by Crippen LogP contribution is -2.02. The first-order valence-corrected chi connectivity index (χ1v) is 6.48. The van der Waals surface area contributed by atoms with Crippen LogP contribution in [0.5, 0.6) is 0 Å². The molecule has 0 amide bonds. The molecule has 0 bridgehead atoms. The third kappa shape index (κ3) is 2.24. The lowest BCUT2D eigenvalue weighted by atomic mass is 10.1. The number of nitrogens with zero attached hydrogens (tertiary/aromatic N) is 4.